The van der Waals surface area contributed by atoms with Gasteiger partial charge in [-0.1, -0.05) is 60.3 Å². The number of fused-ring (bicyclic) bond motifs is 3. The lowest BCUT2D eigenvalue weighted by atomic mass is 10.1. The molecule has 0 amide bonds. The van der Waals surface area contributed by atoms with Crippen LogP contribution in [0.4, 0.5) is 24.5 Å². The molecule has 6 rings (SSSR count). The summed E-state index contributed by atoms with van der Waals surface area (Å²) in [7, 11) is 0. The van der Waals surface area contributed by atoms with Crippen molar-refractivity contribution >= 4 is 39.9 Å². The second kappa shape index (κ2) is 13.9. The van der Waals surface area contributed by atoms with Crippen LogP contribution >= 0.6 is 11.8 Å². The van der Waals surface area contributed by atoms with Crippen molar-refractivity contribution in [2.24, 2.45) is 0 Å². The van der Waals surface area contributed by atoms with E-state index in [0.717, 1.165) is 71.0 Å². The van der Waals surface area contributed by atoms with E-state index in [-0.39, 0.29) is 5.97 Å². The monoisotopic (exact) mass is 649 g/mol. The maximum Gasteiger partial charge on any atom is 0.416 e. The molecule has 0 saturated carbocycles. The van der Waals surface area contributed by atoms with Gasteiger partial charge < -0.3 is 19.3 Å². The first-order chi connectivity index (χ1) is 22.2. The number of carbonyl (C=O) groups excluding carboxylic acids is 1. The van der Waals surface area contributed by atoms with Crippen molar-refractivity contribution in [3.05, 3.63) is 90.0 Å². The van der Waals surface area contributed by atoms with Crippen LogP contribution in [0, 0.1) is 6.92 Å². The van der Waals surface area contributed by atoms with Crippen LogP contribution in [0.2, 0.25) is 0 Å². The molecule has 46 heavy (non-hydrogen) atoms. The number of nitrogens with zero attached hydrogens (tertiary/aromatic N) is 3. The largest absolute Gasteiger partial charge is 0.478 e. The molecule has 4 aromatic carbocycles. The summed E-state index contributed by atoms with van der Waals surface area (Å²) in [5.41, 5.74) is 1.91. The summed E-state index contributed by atoms with van der Waals surface area (Å²) in [4.78, 5) is 21.3. The molecule has 0 radical (unpaired) electrons. The highest BCUT2D eigenvalue weighted by atomic mass is 32.2. The molecule has 0 aliphatic carbocycles. The summed E-state index contributed by atoms with van der Waals surface area (Å²) < 4.78 is 52.3. The number of para-hydroxylation sites is 1. The quantitative estimate of drug-likeness (QED) is 0.163. The number of ether oxygens (including phenoxy) is 2. The van der Waals surface area contributed by atoms with Crippen LogP contribution in [0.3, 0.4) is 0 Å². The van der Waals surface area contributed by atoms with Crippen molar-refractivity contribution in [3.63, 3.8) is 0 Å². The van der Waals surface area contributed by atoms with E-state index in [4.69, 9.17) is 9.47 Å². The Balaban J connectivity index is 0.955. The zero-order valence-corrected chi connectivity index (χ0v) is 26.9. The predicted octanol–water partition coefficient (Wildman–Crippen LogP) is 7.79. The molecule has 6 nitrogen and oxygen atoms in total. The SMILES string of the molecule is Cc1ccc2ccccc2c1OC(C)C(=O)OCCN1CCN(CCCN2c3ccccc3Sc3ccc(C(F)(F)F)cc32)CC1. The van der Waals surface area contributed by atoms with Crippen LogP contribution in [0.15, 0.2) is 88.7 Å². The van der Waals surface area contributed by atoms with Gasteiger partial charge in [0.2, 0.25) is 0 Å². The third-order valence-corrected chi connectivity index (χ3v) is 9.76. The Morgan fingerprint density at radius 3 is 2.33 bits per heavy atom. The summed E-state index contributed by atoms with van der Waals surface area (Å²) in [6.07, 6.45) is -4.29. The lowest BCUT2D eigenvalue weighted by Gasteiger charge is -2.36. The van der Waals surface area contributed by atoms with Gasteiger partial charge in [0.1, 0.15) is 12.4 Å². The number of halogens is 3. The van der Waals surface area contributed by atoms with E-state index in [9.17, 15) is 18.0 Å². The second-order valence-electron chi connectivity index (χ2n) is 11.8. The van der Waals surface area contributed by atoms with E-state index >= 15 is 0 Å². The fraction of sp³-hybridized carbons (Fsp3) is 0.361. The molecule has 1 saturated heterocycles. The summed E-state index contributed by atoms with van der Waals surface area (Å²) in [5.74, 6) is 0.324. The zero-order chi connectivity index (χ0) is 32.3. The van der Waals surface area contributed by atoms with Gasteiger partial charge >= 0.3 is 12.1 Å². The molecule has 1 fully saturated rings. The molecule has 2 heterocycles. The van der Waals surface area contributed by atoms with E-state index < -0.39 is 17.8 Å². The van der Waals surface area contributed by atoms with Crippen molar-refractivity contribution in [1.29, 1.82) is 0 Å². The topological polar surface area (TPSA) is 45.3 Å². The van der Waals surface area contributed by atoms with Crippen molar-refractivity contribution in [1.82, 2.24) is 9.80 Å². The fourth-order valence-corrected chi connectivity index (χ4v) is 7.14. The average molecular weight is 650 g/mol. The number of benzene rings is 4. The minimum atomic E-state index is -4.39. The summed E-state index contributed by atoms with van der Waals surface area (Å²) in [6.45, 7) is 9.61. The number of hydrogen-bond acceptors (Lipinski definition) is 7. The van der Waals surface area contributed by atoms with Crippen LogP contribution in [0.5, 0.6) is 5.75 Å². The van der Waals surface area contributed by atoms with Gasteiger partial charge in [-0.05, 0) is 68.1 Å². The standard InChI is InChI=1S/C36H38F3N3O3S/c1-25-12-13-27-8-3-4-9-29(27)34(25)45-26(2)35(43)44-23-22-41-20-18-40(19-21-41)16-7-17-42-30-10-5-6-11-32(30)46-33-15-14-28(24-31(33)42)36(37,38)39/h3-6,8-15,24,26H,7,16-23H2,1-2H3. The first kappa shape index (κ1) is 32.2. The number of piperazine rings is 1. The molecule has 0 aromatic heterocycles. The Morgan fingerprint density at radius 1 is 0.848 bits per heavy atom. The number of carbonyl (C=O) groups is 1. The summed E-state index contributed by atoms with van der Waals surface area (Å²) in [6, 6.07) is 23.9. The van der Waals surface area contributed by atoms with E-state index in [1.165, 1.54) is 23.9 Å². The molecule has 1 atom stereocenters. The molecule has 0 N–H and O–H groups in total. The first-order valence-electron chi connectivity index (χ1n) is 15.7. The Kier molecular flexibility index (Phi) is 9.77. The third kappa shape index (κ3) is 7.29. The lowest BCUT2D eigenvalue weighted by Crippen LogP contribution is -2.48. The number of anilines is 2. The van der Waals surface area contributed by atoms with Crippen molar-refractivity contribution in [3.8, 4) is 5.75 Å². The van der Waals surface area contributed by atoms with Gasteiger partial charge in [0.25, 0.3) is 0 Å². The van der Waals surface area contributed by atoms with Gasteiger partial charge in [-0.25, -0.2) is 4.79 Å². The number of alkyl halides is 3. The molecule has 2 aliphatic rings. The van der Waals surface area contributed by atoms with Crippen LogP contribution in [0.25, 0.3) is 10.8 Å². The Bertz CT molecular complexity index is 1690. The summed E-state index contributed by atoms with van der Waals surface area (Å²) in [5, 5.41) is 2.03. The summed E-state index contributed by atoms with van der Waals surface area (Å²) >= 11 is 1.51. The highest BCUT2D eigenvalue weighted by Crippen LogP contribution is 2.49. The van der Waals surface area contributed by atoms with E-state index in [2.05, 4.69) is 9.80 Å². The van der Waals surface area contributed by atoms with Gasteiger partial charge in [0, 0.05) is 54.4 Å². The van der Waals surface area contributed by atoms with Gasteiger partial charge in [-0.2, -0.15) is 13.2 Å². The Labute approximate surface area is 272 Å². The smallest absolute Gasteiger partial charge is 0.416 e. The zero-order valence-electron chi connectivity index (χ0n) is 26.1. The Hall–Kier alpha value is -3.73. The lowest BCUT2D eigenvalue weighted by molar-refractivity contribution is -0.151. The van der Waals surface area contributed by atoms with Crippen LogP contribution in [-0.2, 0) is 15.7 Å². The maximum absolute atomic E-state index is 13.5. The molecule has 2 aliphatic heterocycles. The predicted molar refractivity (Wildman–Crippen MR) is 176 cm³/mol. The fourth-order valence-electron chi connectivity index (χ4n) is 6.06. The van der Waals surface area contributed by atoms with Gasteiger partial charge in [0.15, 0.2) is 6.10 Å². The van der Waals surface area contributed by atoms with Crippen molar-refractivity contribution in [2.75, 3.05) is 57.3 Å². The highest BCUT2D eigenvalue weighted by Gasteiger charge is 2.33. The van der Waals surface area contributed by atoms with Crippen LogP contribution < -0.4 is 9.64 Å². The Morgan fingerprint density at radius 2 is 1.54 bits per heavy atom. The molecule has 0 bridgehead atoms. The normalized spacial score (nSPS) is 16.2. The van der Waals surface area contributed by atoms with E-state index in [0.29, 0.717) is 31.1 Å². The molecular weight excluding hydrogens is 611 g/mol. The minimum Gasteiger partial charge on any atom is -0.478 e. The van der Waals surface area contributed by atoms with Crippen molar-refractivity contribution < 1.29 is 27.4 Å². The van der Waals surface area contributed by atoms with E-state index in [1.807, 2.05) is 72.5 Å². The van der Waals surface area contributed by atoms with Gasteiger partial charge in [-0.3, -0.25) is 4.90 Å². The van der Waals surface area contributed by atoms with E-state index in [1.54, 1.807) is 13.0 Å². The van der Waals surface area contributed by atoms with Crippen LogP contribution in [-0.4, -0.2) is 74.3 Å². The minimum absolute atomic E-state index is 0.298. The van der Waals surface area contributed by atoms with Gasteiger partial charge in [-0.15, -0.1) is 0 Å². The molecule has 0 spiro atoms. The molecule has 10 heteroatoms. The number of esters is 1. The van der Waals surface area contributed by atoms with Gasteiger partial charge in [0.05, 0.1) is 16.9 Å². The maximum atomic E-state index is 13.5. The highest BCUT2D eigenvalue weighted by molar-refractivity contribution is 7.99. The molecule has 242 valence electrons. The molecular formula is C36H38F3N3O3S. The molecule has 1 unspecified atom stereocenters. The van der Waals surface area contributed by atoms with Crippen molar-refractivity contribution in [2.45, 2.75) is 42.3 Å². The molecule has 4 aromatic rings. The first-order valence-corrected chi connectivity index (χ1v) is 16.5. The number of rotatable bonds is 10. The average Bonchev–Trinajstić information content (AvgIpc) is 3.05. The van der Waals surface area contributed by atoms with Crippen LogP contribution in [0.1, 0.15) is 24.5 Å². The second-order valence-corrected chi connectivity index (χ2v) is 12.9. The number of aryl methyl sites for hydroxylation is 1. The third-order valence-electron chi connectivity index (χ3n) is 8.63. The number of hydrogen-bond donors (Lipinski definition) is 0.